The molecule has 1 N–H and O–H groups in total. The Morgan fingerprint density at radius 1 is 1.47 bits per heavy atom. The molecule has 0 fully saturated rings. The maximum Gasteiger partial charge on any atom is 0.270 e. The molecular weight excluding hydrogens is 278 g/mol. The molecule has 0 bridgehead atoms. The van der Waals surface area contributed by atoms with E-state index in [0.717, 1.165) is 6.07 Å². The van der Waals surface area contributed by atoms with Gasteiger partial charge < -0.3 is 5.32 Å². The third-order valence-corrected chi connectivity index (χ3v) is 3.27. The Morgan fingerprint density at radius 2 is 2.16 bits per heavy atom. The number of hydrogen-bond acceptors (Lipinski definition) is 4. The van der Waals surface area contributed by atoms with Crippen LogP contribution in [0.4, 0.5) is 20.2 Å². The van der Waals surface area contributed by atoms with Crippen molar-refractivity contribution in [3.63, 3.8) is 0 Å². The molecular formula is C11H14F2N2O3S. The first-order valence-corrected chi connectivity index (χ1v) is 7.25. The van der Waals surface area contributed by atoms with Crippen LogP contribution in [0.3, 0.4) is 0 Å². The number of halogens is 2. The minimum atomic E-state index is -2.79. The fourth-order valence-electron chi connectivity index (χ4n) is 1.50. The minimum Gasteiger partial charge on any atom is -0.385 e. The summed E-state index contributed by atoms with van der Waals surface area (Å²) in [5.41, 5.74) is -0.593. The highest BCUT2D eigenvalue weighted by molar-refractivity contribution is 7.84. The van der Waals surface area contributed by atoms with Gasteiger partial charge in [0, 0.05) is 52.7 Å². The average Bonchev–Trinajstić information content (AvgIpc) is 2.34. The van der Waals surface area contributed by atoms with Gasteiger partial charge in [0.25, 0.3) is 12.1 Å². The van der Waals surface area contributed by atoms with Crippen molar-refractivity contribution in [2.75, 3.05) is 23.9 Å². The topological polar surface area (TPSA) is 72.2 Å². The molecule has 0 saturated heterocycles. The molecule has 0 heterocycles. The fourth-order valence-corrected chi connectivity index (χ4v) is 2.05. The van der Waals surface area contributed by atoms with E-state index in [-0.39, 0.29) is 11.4 Å². The summed E-state index contributed by atoms with van der Waals surface area (Å²) in [6.45, 7) is 0.386. The van der Waals surface area contributed by atoms with Gasteiger partial charge in [-0.1, -0.05) is 0 Å². The van der Waals surface area contributed by atoms with E-state index in [1.54, 1.807) is 6.26 Å². The van der Waals surface area contributed by atoms with E-state index in [0.29, 0.717) is 18.7 Å². The molecule has 1 atom stereocenters. The second kappa shape index (κ2) is 7.13. The van der Waals surface area contributed by atoms with Crippen molar-refractivity contribution in [2.24, 2.45) is 0 Å². The molecule has 19 heavy (non-hydrogen) atoms. The summed E-state index contributed by atoms with van der Waals surface area (Å²) in [4.78, 5) is 9.82. The molecule has 0 spiro atoms. The lowest BCUT2D eigenvalue weighted by Crippen LogP contribution is -2.08. The second-order valence-electron chi connectivity index (χ2n) is 3.89. The minimum absolute atomic E-state index is 0.169. The molecule has 0 amide bonds. The Hall–Kier alpha value is -1.57. The lowest BCUT2D eigenvalue weighted by Gasteiger charge is -2.11. The van der Waals surface area contributed by atoms with Crippen LogP contribution >= 0.6 is 0 Å². The zero-order valence-corrected chi connectivity index (χ0v) is 11.1. The summed E-state index contributed by atoms with van der Waals surface area (Å²) in [5, 5.41) is 13.3. The Balaban J connectivity index is 2.76. The van der Waals surface area contributed by atoms with Gasteiger partial charge >= 0.3 is 0 Å². The van der Waals surface area contributed by atoms with Crippen molar-refractivity contribution >= 4 is 22.2 Å². The Kier molecular flexibility index (Phi) is 5.81. The molecule has 1 aromatic rings. The Morgan fingerprint density at radius 3 is 2.68 bits per heavy atom. The number of anilines is 1. The summed E-state index contributed by atoms with van der Waals surface area (Å²) < 4.78 is 36.4. The summed E-state index contributed by atoms with van der Waals surface area (Å²) in [6.07, 6.45) is -0.651. The van der Waals surface area contributed by atoms with E-state index in [1.807, 2.05) is 0 Å². The molecule has 106 valence electrons. The van der Waals surface area contributed by atoms with E-state index in [1.165, 1.54) is 12.1 Å². The molecule has 0 aromatic heterocycles. The largest absolute Gasteiger partial charge is 0.385 e. The molecule has 0 aliphatic rings. The average molecular weight is 292 g/mol. The van der Waals surface area contributed by atoms with Gasteiger partial charge in [0.2, 0.25) is 0 Å². The number of benzene rings is 1. The normalized spacial score (nSPS) is 12.4. The number of alkyl halides is 2. The highest BCUT2D eigenvalue weighted by atomic mass is 32.2. The lowest BCUT2D eigenvalue weighted by atomic mass is 10.1. The van der Waals surface area contributed by atoms with Gasteiger partial charge in [-0.2, -0.15) is 0 Å². The summed E-state index contributed by atoms with van der Waals surface area (Å²) in [7, 11) is -0.925. The molecule has 1 rings (SSSR count). The third-order valence-electron chi connectivity index (χ3n) is 2.41. The van der Waals surface area contributed by atoms with Gasteiger partial charge in [-0.3, -0.25) is 14.3 Å². The summed E-state index contributed by atoms with van der Waals surface area (Å²) in [6, 6.07) is 3.31. The maximum atomic E-state index is 12.8. The second-order valence-corrected chi connectivity index (χ2v) is 5.44. The standard InChI is InChI=1S/C11H14F2N2O3S/c1-19(18)6-2-5-14-10-4-3-8(15(16)17)7-9(10)11(12)13/h3-4,7,11,14H,2,5-6H2,1H3. The number of nitro benzene ring substituents is 1. The third kappa shape index (κ3) is 4.90. The first-order chi connectivity index (χ1) is 8.91. The number of nitrogens with one attached hydrogen (secondary N) is 1. The van der Waals surface area contributed by atoms with E-state index in [9.17, 15) is 23.1 Å². The van der Waals surface area contributed by atoms with Gasteiger partial charge in [0.1, 0.15) is 0 Å². The van der Waals surface area contributed by atoms with Crippen molar-refractivity contribution in [2.45, 2.75) is 12.8 Å². The Bertz CT molecular complexity index is 483. The zero-order valence-electron chi connectivity index (χ0n) is 10.3. The Labute approximate surface area is 111 Å². The number of rotatable bonds is 7. The predicted octanol–water partition coefficient (Wildman–Crippen LogP) is 2.71. The van der Waals surface area contributed by atoms with Crippen LogP contribution in [0.1, 0.15) is 18.4 Å². The molecule has 0 aliphatic heterocycles. The summed E-state index contributed by atoms with van der Waals surface area (Å²) >= 11 is 0. The van der Waals surface area contributed by atoms with Gasteiger partial charge in [-0.15, -0.1) is 0 Å². The molecule has 5 nitrogen and oxygen atoms in total. The number of nitrogens with zero attached hydrogens (tertiary/aromatic N) is 1. The van der Waals surface area contributed by atoms with Crippen LogP contribution in [0, 0.1) is 10.1 Å². The smallest absolute Gasteiger partial charge is 0.270 e. The van der Waals surface area contributed by atoms with Crippen LogP contribution in [0.2, 0.25) is 0 Å². The maximum absolute atomic E-state index is 12.8. The van der Waals surface area contributed by atoms with Crippen molar-refractivity contribution in [3.8, 4) is 0 Å². The highest BCUT2D eigenvalue weighted by Crippen LogP contribution is 2.30. The first-order valence-electron chi connectivity index (χ1n) is 5.52. The molecule has 8 heteroatoms. The SMILES string of the molecule is CS(=O)CCCNc1ccc([N+](=O)[O-])cc1C(F)F. The monoisotopic (exact) mass is 292 g/mol. The molecule has 1 unspecified atom stereocenters. The van der Waals surface area contributed by atoms with Crippen LogP contribution in [0.5, 0.6) is 0 Å². The highest BCUT2D eigenvalue weighted by Gasteiger charge is 2.17. The van der Waals surface area contributed by atoms with Crippen LogP contribution in [0.25, 0.3) is 0 Å². The quantitative estimate of drug-likeness (QED) is 0.476. The van der Waals surface area contributed by atoms with E-state index in [2.05, 4.69) is 5.32 Å². The van der Waals surface area contributed by atoms with Crippen LogP contribution in [-0.2, 0) is 10.8 Å². The first kappa shape index (κ1) is 15.5. The van der Waals surface area contributed by atoms with Gasteiger partial charge in [0.05, 0.1) is 4.92 Å². The lowest BCUT2D eigenvalue weighted by molar-refractivity contribution is -0.385. The van der Waals surface area contributed by atoms with Crippen molar-refractivity contribution in [1.29, 1.82) is 0 Å². The van der Waals surface area contributed by atoms with Crippen molar-refractivity contribution in [1.82, 2.24) is 0 Å². The molecule has 0 saturated carbocycles. The van der Waals surface area contributed by atoms with E-state index < -0.39 is 27.7 Å². The van der Waals surface area contributed by atoms with Gasteiger partial charge in [-0.05, 0) is 12.5 Å². The van der Waals surface area contributed by atoms with Crippen LogP contribution in [0.15, 0.2) is 18.2 Å². The van der Waals surface area contributed by atoms with Crippen LogP contribution in [-0.4, -0.2) is 27.7 Å². The van der Waals surface area contributed by atoms with Crippen molar-refractivity contribution in [3.05, 3.63) is 33.9 Å². The zero-order chi connectivity index (χ0) is 14.4. The number of non-ortho nitro benzene ring substituents is 1. The van der Waals surface area contributed by atoms with Gasteiger partial charge in [0.15, 0.2) is 0 Å². The van der Waals surface area contributed by atoms with Gasteiger partial charge in [-0.25, -0.2) is 8.78 Å². The number of nitro groups is 1. The number of hydrogen-bond donors (Lipinski definition) is 1. The molecule has 1 aromatic carbocycles. The van der Waals surface area contributed by atoms with Crippen molar-refractivity contribution < 1.29 is 17.9 Å². The fraction of sp³-hybridized carbons (Fsp3) is 0.455. The summed E-state index contributed by atoms with van der Waals surface area (Å²) in [5.74, 6) is 0.476. The van der Waals surface area contributed by atoms with E-state index >= 15 is 0 Å². The molecule has 0 aliphatic carbocycles. The predicted molar refractivity (Wildman–Crippen MR) is 70.1 cm³/mol. The van der Waals surface area contributed by atoms with E-state index in [4.69, 9.17) is 0 Å². The van der Waals surface area contributed by atoms with Crippen LogP contribution < -0.4 is 5.32 Å². The molecule has 0 radical (unpaired) electrons.